The van der Waals surface area contributed by atoms with Crippen LogP contribution >= 0.6 is 23.2 Å². The summed E-state index contributed by atoms with van der Waals surface area (Å²) in [6, 6.07) is 12.7. The molecule has 0 spiro atoms. The number of rotatable bonds is 7. The summed E-state index contributed by atoms with van der Waals surface area (Å²) in [5.74, 6) is -1.69. The van der Waals surface area contributed by atoms with Gasteiger partial charge in [0.25, 0.3) is 0 Å². The van der Waals surface area contributed by atoms with Gasteiger partial charge in [-0.2, -0.15) is 0 Å². The zero-order valence-electron chi connectivity index (χ0n) is 17.5. The Morgan fingerprint density at radius 3 is 2.52 bits per heavy atom. The summed E-state index contributed by atoms with van der Waals surface area (Å²) in [5, 5.41) is 23.3. The normalized spacial score (nSPS) is 14.0. The fourth-order valence-electron chi connectivity index (χ4n) is 3.73. The summed E-state index contributed by atoms with van der Waals surface area (Å²) >= 11 is 12.3. The van der Waals surface area contributed by atoms with Gasteiger partial charge in [-0.3, -0.25) is 10.0 Å². The van der Waals surface area contributed by atoms with E-state index in [1.807, 2.05) is 0 Å². The molecule has 1 atom stereocenters. The number of carboxylic acids is 1. The maximum atomic E-state index is 13.2. The molecule has 5 N–H and O–H groups in total. The smallest absolute Gasteiger partial charge is 0.335 e. The predicted octanol–water partition coefficient (Wildman–Crippen LogP) is 4.99. The third-order valence-corrected chi connectivity index (χ3v) is 6.25. The quantitative estimate of drug-likeness (QED) is 0.213. The average molecular weight is 487 g/mol. The van der Waals surface area contributed by atoms with Gasteiger partial charge in [0, 0.05) is 27.1 Å². The van der Waals surface area contributed by atoms with Crippen LogP contribution in [0.1, 0.15) is 41.2 Å². The van der Waals surface area contributed by atoms with Gasteiger partial charge in [-0.15, -0.1) is 0 Å². The number of aromatic carboxylic acids is 1. The van der Waals surface area contributed by atoms with Crippen molar-refractivity contribution < 1.29 is 24.6 Å². The molecule has 1 heterocycles. The number of nitrogens with two attached hydrogens (primary N) is 1. The Morgan fingerprint density at radius 1 is 1.12 bits per heavy atom. The van der Waals surface area contributed by atoms with Crippen LogP contribution in [-0.2, 0) is 4.79 Å². The lowest BCUT2D eigenvalue weighted by atomic mass is 9.95. The summed E-state index contributed by atoms with van der Waals surface area (Å²) in [5.41, 5.74) is 8.64. The molecule has 4 rings (SSSR count). The number of hydrogen-bond acceptors (Lipinski definition) is 4. The minimum atomic E-state index is -1.11. The highest BCUT2D eigenvalue weighted by Crippen LogP contribution is 2.39. The van der Waals surface area contributed by atoms with E-state index in [-0.39, 0.29) is 16.5 Å². The second-order valence-corrected chi connectivity index (χ2v) is 8.98. The largest absolute Gasteiger partial charge is 0.478 e. The van der Waals surface area contributed by atoms with E-state index in [1.165, 1.54) is 24.4 Å². The number of pyridine rings is 1. The lowest BCUT2D eigenvalue weighted by Crippen LogP contribution is -2.39. The van der Waals surface area contributed by atoms with Gasteiger partial charge < -0.3 is 16.2 Å². The Bertz CT molecular complexity index is 1240. The van der Waals surface area contributed by atoms with Crippen LogP contribution in [0.2, 0.25) is 10.0 Å². The number of carbonyl (C=O) groups is 2. The van der Waals surface area contributed by atoms with Crippen LogP contribution in [0.25, 0.3) is 11.1 Å². The first-order valence-corrected chi connectivity index (χ1v) is 11.1. The number of nitrogen functional groups attached to an aromatic ring is 1. The van der Waals surface area contributed by atoms with E-state index in [0.29, 0.717) is 45.6 Å². The molecule has 1 aliphatic carbocycles. The first-order chi connectivity index (χ1) is 15.7. The van der Waals surface area contributed by atoms with Crippen molar-refractivity contribution in [1.82, 2.24) is 0 Å². The van der Waals surface area contributed by atoms with Crippen molar-refractivity contribution in [2.45, 2.75) is 25.2 Å². The molecule has 9 heteroatoms. The van der Waals surface area contributed by atoms with Crippen LogP contribution in [0.15, 0.2) is 54.7 Å². The summed E-state index contributed by atoms with van der Waals surface area (Å²) in [4.78, 5) is 24.3. The number of halogens is 2. The Hall–Kier alpha value is -3.29. The highest BCUT2D eigenvalue weighted by atomic mass is 35.5. The number of hydrogen-bond donors (Lipinski definition) is 4. The molecule has 0 aliphatic heterocycles. The SMILES string of the molecule is Nc1ccc(Cl)cc1-c1ccc(C(CC2CC2)C(=O)Nc2ccc(C(=O)O)cc2Cl)[n+](O)c1. The van der Waals surface area contributed by atoms with Crippen LogP contribution in [0, 0.1) is 5.92 Å². The number of benzene rings is 2. The van der Waals surface area contributed by atoms with Gasteiger partial charge in [0.15, 0.2) is 0 Å². The van der Waals surface area contributed by atoms with Crippen molar-refractivity contribution >= 4 is 46.5 Å². The molecule has 0 saturated heterocycles. The Kier molecular flexibility index (Phi) is 6.44. The fraction of sp³-hybridized carbons (Fsp3) is 0.208. The lowest BCUT2D eigenvalue weighted by molar-refractivity contribution is -0.909. The van der Waals surface area contributed by atoms with Crippen molar-refractivity contribution in [3.63, 3.8) is 0 Å². The first kappa shape index (κ1) is 22.9. The van der Waals surface area contributed by atoms with E-state index in [9.17, 15) is 14.8 Å². The monoisotopic (exact) mass is 486 g/mol. The maximum absolute atomic E-state index is 13.2. The minimum absolute atomic E-state index is 0.0246. The van der Waals surface area contributed by atoms with Crippen molar-refractivity contribution in [3.05, 3.63) is 76.0 Å². The number of aromatic nitrogens is 1. The molecular weight excluding hydrogens is 465 g/mol. The van der Waals surface area contributed by atoms with Gasteiger partial charge >= 0.3 is 5.97 Å². The van der Waals surface area contributed by atoms with Crippen molar-refractivity contribution in [2.24, 2.45) is 5.92 Å². The molecule has 7 nitrogen and oxygen atoms in total. The Labute approximate surface area is 200 Å². The first-order valence-electron chi connectivity index (χ1n) is 10.4. The fourth-order valence-corrected chi connectivity index (χ4v) is 4.13. The molecule has 1 unspecified atom stereocenters. The molecule has 1 fully saturated rings. The van der Waals surface area contributed by atoms with Crippen LogP contribution < -0.4 is 15.8 Å². The van der Waals surface area contributed by atoms with Crippen molar-refractivity contribution in [1.29, 1.82) is 0 Å². The van der Waals surface area contributed by atoms with Gasteiger partial charge in [-0.05, 0) is 54.8 Å². The van der Waals surface area contributed by atoms with E-state index >= 15 is 0 Å². The van der Waals surface area contributed by atoms with Crippen molar-refractivity contribution in [3.8, 4) is 11.1 Å². The van der Waals surface area contributed by atoms with Crippen LogP contribution in [0.3, 0.4) is 0 Å². The van der Waals surface area contributed by atoms with Gasteiger partial charge in [-0.25, -0.2) is 4.79 Å². The summed E-state index contributed by atoms with van der Waals surface area (Å²) in [6.45, 7) is 0. The molecule has 33 heavy (non-hydrogen) atoms. The maximum Gasteiger partial charge on any atom is 0.335 e. The van der Waals surface area contributed by atoms with Gasteiger partial charge in [0.1, 0.15) is 5.92 Å². The third-order valence-electron chi connectivity index (χ3n) is 5.70. The minimum Gasteiger partial charge on any atom is -0.478 e. The second-order valence-electron chi connectivity index (χ2n) is 8.14. The summed E-state index contributed by atoms with van der Waals surface area (Å²) < 4.78 is 0.942. The molecule has 170 valence electrons. The summed E-state index contributed by atoms with van der Waals surface area (Å²) in [6.07, 6.45) is 4.12. The molecule has 1 amide bonds. The lowest BCUT2D eigenvalue weighted by Gasteiger charge is -2.15. The van der Waals surface area contributed by atoms with E-state index in [4.69, 9.17) is 34.0 Å². The Balaban J connectivity index is 1.63. The predicted molar refractivity (Wildman–Crippen MR) is 126 cm³/mol. The number of nitrogens with zero attached hydrogens (tertiary/aromatic N) is 1. The molecule has 3 aromatic rings. The molecular formula is C24H22Cl2N3O4+. The van der Waals surface area contributed by atoms with E-state index in [1.54, 1.807) is 30.3 Å². The molecule has 0 radical (unpaired) electrons. The molecule has 0 bridgehead atoms. The zero-order chi connectivity index (χ0) is 23.7. The molecule has 1 saturated carbocycles. The molecule has 2 aromatic carbocycles. The number of carboxylic acid groups (broad SMARTS) is 1. The van der Waals surface area contributed by atoms with Gasteiger partial charge in [0.05, 0.1) is 21.8 Å². The van der Waals surface area contributed by atoms with E-state index < -0.39 is 11.9 Å². The highest BCUT2D eigenvalue weighted by molar-refractivity contribution is 6.34. The van der Waals surface area contributed by atoms with Gasteiger partial charge in [0.2, 0.25) is 17.8 Å². The van der Waals surface area contributed by atoms with E-state index in [0.717, 1.165) is 17.6 Å². The van der Waals surface area contributed by atoms with Crippen LogP contribution in [-0.4, -0.2) is 22.2 Å². The van der Waals surface area contributed by atoms with Crippen LogP contribution in [0.5, 0.6) is 0 Å². The average Bonchev–Trinajstić information content (AvgIpc) is 3.59. The third kappa shape index (κ3) is 5.21. The van der Waals surface area contributed by atoms with Gasteiger partial charge in [-0.1, -0.05) is 36.0 Å². The highest BCUT2D eigenvalue weighted by Gasteiger charge is 2.36. The number of amides is 1. The molecule has 1 aromatic heterocycles. The molecule has 1 aliphatic rings. The Morgan fingerprint density at radius 2 is 1.88 bits per heavy atom. The summed E-state index contributed by atoms with van der Waals surface area (Å²) in [7, 11) is 0. The second kappa shape index (κ2) is 9.29. The van der Waals surface area contributed by atoms with Crippen LogP contribution in [0.4, 0.5) is 11.4 Å². The zero-order valence-corrected chi connectivity index (χ0v) is 19.0. The number of anilines is 2. The standard InChI is InChI=1S/C24H21Cl2N3O4/c25-16-5-6-20(27)17(11-16)15-4-8-22(29(33)12-15)18(9-13-1-2-13)23(30)28-21-7-3-14(24(31)32)10-19(21)26/h3-8,10-13,18H,1-2,9,27H2,(H2-,28,30,31,32,33)/p+1. The number of nitrogens with one attached hydrogen (secondary N) is 1. The topological polar surface area (TPSA) is 117 Å². The van der Waals surface area contributed by atoms with Crippen molar-refractivity contribution in [2.75, 3.05) is 11.1 Å². The number of carbonyl (C=O) groups excluding carboxylic acids is 1. The van der Waals surface area contributed by atoms with E-state index in [2.05, 4.69) is 5.32 Å².